The van der Waals surface area contributed by atoms with Gasteiger partial charge in [-0.1, -0.05) is 0 Å². The van der Waals surface area contributed by atoms with Crippen LogP contribution in [-0.2, 0) is 14.6 Å². The smallest absolute Gasteiger partial charge is 0.328 e. The zero-order valence-corrected chi connectivity index (χ0v) is 13.0. The molecule has 1 atom stereocenters. The van der Waals surface area contributed by atoms with E-state index in [0.29, 0.717) is 16.2 Å². The predicted octanol–water partition coefficient (Wildman–Crippen LogP) is 1.11. The second kappa shape index (κ2) is 5.98. The number of thiophene rings is 1. The quantitative estimate of drug-likeness (QED) is 0.835. The van der Waals surface area contributed by atoms with E-state index in [2.05, 4.69) is 0 Å². The average molecular weight is 329 g/mol. The maximum atomic E-state index is 12.3. The fraction of sp³-hybridized carbons (Fsp3) is 0.385. The second-order valence-corrected chi connectivity index (χ2v) is 8.19. The van der Waals surface area contributed by atoms with Crippen LogP contribution in [0.15, 0.2) is 18.2 Å². The van der Waals surface area contributed by atoms with Crippen molar-refractivity contribution in [3.8, 4) is 0 Å². The number of rotatable bonds is 4. The Labute approximate surface area is 126 Å². The van der Waals surface area contributed by atoms with Crippen LogP contribution in [0, 0.1) is 0 Å². The van der Waals surface area contributed by atoms with Crippen molar-refractivity contribution in [1.82, 2.24) is 4.90 Å². The number of aliphatic carboxylic acids is 1. The van der Waals surface area contributed by atoms with Gasteiger partial charge >= 0.3 is 5.97 Å². The van der Waals surface area contributed by atoms with Crippen molar-refractivity contribution in [2.75, 3.05) is 18.6 Å². The Morgan fingerprint density at radius 1 is 1.43 bits per heavy atom. The molecule has 0 spiro atoms. The highest BCUT2D eigenvalue weighted by Gasteiger charge is 2.33. The highest BCUT2D eigenvalue weighted by atomic mass is 32.2. The van der Waals surface area contributed by atoms with Gasteiger partial charge in [0.2, 0.25) is 0 Å². The van der Waals surface area contributed by atoms with Crippen LogP contribution >= 0.6 is 11.3 Å². The molecule has 1 saturated heterocycles. The Morgan fingerprint density at radius 3 is 2.71 bits per heavy atom. The molecule has 114 valence electrons. The van der Waals surface area contributed by atoms with Crippen molar-refractivity contribution in [2.45, 2.75) is 12.5 Å². The van der Waals surface area contributed by atoms with Crippen LogP contribution in [0.2, 0.25) is 0 Å². The van der Waals surface area contributed by atoms with E-state index in [0.717, 1.165) is 6.08 Å². The molecular formula is C13H15NO5S2. The highest BCUT2D eigenvalue weighted by Crippen LogP contribution is 2.23. The van der Waals surface area contributed by atoms with Crippen LogP contribution in [0.1, 0.15) is 21.0 Å². The van der Waals surface area contributed by atoms with Crippen molar-refractivity contribution in [3.63, 3.8) is 0 Å². The molecule has 1 aromatic heterocycles. The molecule has 1 unspecified atom stereocenters. The SMILES string of the molecule is CN(C(=O)c1ccc(C=CC(=O)O)s1)C1CCS(=O)(=O)C1. The molecule has 1 fully saturated rings. The lowest BCUT2D eigenvalue weighted by Gasteiger charge is -2.22. The molecule has 1 N–H and O–H groups in total. The van der Waals surface area contributed by atoms with Crippen LogP contribution in [0.5, 0.6) is 0 Å². The monoisotopic (exact) mass is 329 g/mol. The van der Waals surface area contributed by atoms with E-state index in [9.17, 15) is 18.0 Å². The number of carboxylic acids is 1. The molecule has 1 aromatic rings. The van der Waals surface area contributed by atoms with Gasteiger partial charge in [-0.25, -0.2) is 13.2 Å². The summed E-state index contributed by atoms with van der Waals surface area (Å²) in [6.07, 6.45) is 2.89. The van der Waals surface area contributed by atoms with E-state index in [1.807, 2.05) is 0 Å². The summed E-state index contributed by atoms with van der Waals surface area (Å²) in [6, 6.07) is 2.99. The van der Waals surface area contributed by atoms with Gasteiger partial charge in [-0.05, 0) is 24.6 Å². The lowest BCUT2D eigenvalue weighted by Crippen LogP contribution is -2.37. The van der Waals surface area contributed by atoms with Gasteiger partial charge in [0.05, 0.1) is 16.4 Å². The summed E-state index contributed by atoms with van der Waals surface area (Å²) >= 11 is 1.18. The topological polar surface area (TPSA) is 91.8 Å². The molecule has 21 heavy (non-hydrogen) atoms. The van der Waals surface area contributed by atoms with Crippen LogP contribution in [0.3, 0.4) is 0 Å². The molecule has 6 nitrogen and oxygen atoms in total. The summed E-state index contributed by atoms with van der Waals surface area (Å²) in [5.74, 6) is -1.17. The van der Waals surface area contributed by atoms with Gasteiger partial charge in [0.15, 0.2) is 9.84 Å². The van der Waals surface area contributed by atoms with Gasteiger partial charge in [0.25, 0.3) is 5.91 Å². The minimum Gasteiger partial charge on any atom is -0.478 e. The van der Waals surface area contributed by atoms with Gasteiger partial charge in [0, 0.05) is 24.0 Å². The average Bonchev–Trinajstić information content (AvgIpc) is 3.01. The Morgan fingerprint density at radius 2 is 2.14 bits per heavy atom. The minimum absolute atomic E-state index is 0.00634. The molecule has 2 rings (SSSR count). The lowest BCUT2D eigenvalue weighted by molar-refractivity contribution is -0.131. The Kier molecular flexibility index (Phi) is 4.48. The van der Waals surface area contributed by atoms with Crippen molar-refractivity contribution in [2.24, 2.45) is 0 Å². The molecule has 0 bridgehead atoms. The van der Waals surface area contributed by atoms with Crippen molar-refractivity contribution < 1.29 is 23.1 Å². The zero-order chi connectivity index (χ0) is 15.6. The summed E-state index contributed by atoms with van der Waals surface area (Å²) in [5, 5.41) is 8.56. The van der Waals surface area contributed by atoms with Crippen LogP contribution in [0.4, 0.5) is 0 Å². The minimum atomic E-state index is -3.04. The first-order valence-corrected chi connectivity index (χ1v) is 8.91. The van der Waals surface area contributed by atoms with E-state index in [1.165, 1.54) is 22.3 Å². The summed E-state index contributed by atoms with van der Waals surface area (Å²) in [7, 11) is -1.44. The van der Waals surface area contributed by atoms with Crippen molar-refractivity contribution >= 4 is 39.1 Å². The van der Waals surface area contributed by atoms with E-state index in [1.54, 1.807) is 19.2 Å². The fourth-order valence-corrected chi connectivity index (χ4v) is 4.80. The number of hydrogen-bond donors (Lipinski definition) is 1. The molecule has 1 aliphatic rings. The number of nitrogens with zero attached hydrogens (tertiary/aromatic N) is 1. The molecular weight excluding hydrogens is 314 g/mol. The van der Waals surface area contributed by atoms with Crippen LogP contribution in [-0.4, -0.2) is 54.9 Å². The normalized spacial score (nSPS) is 20.7. The van der Waals surface area contributed by atoms with Crippen LogP contribution in [0.25, 0.3) is 6.08 Å². The first kappa shape index (κ1) is 15.7. The van der Waals surface area contributed by atoms with E-state index < -0.39 is 15.8 Å². The second-order valence-electron chi connectivity index (χ2n) is 4.85. The summed E-state index contributed by atoms with van der Waals surface area (Å²) < 4.78 is 22.9. The first-order chi connectivity index (χ1) is 9.78. The molecule has 2 heterocycles. The van der Waals surface area contributed by atoms with E-state index in [4.69, 9.17) is 5.11 Å². The largest absolute Gasteiger partial charge is 0.478 e. The highest BCUT2D eigenvalue weighted by molar-refractivity contribution is 7.91. The number of hydrogen-bond acceptors (Lipinski definition) is 5. The van der Waals surface area contributed by atoms with Gasteiger partial charge in [-0.3, -0.25) is 4.79 Å². The number of carbonyl (C=O) groups is 2. The number of amides is 1. The molecule has 1 aliphatic heterocycles. The maximum absolute atomic E-state index is 12.3. The van der Waals surface area contributed by atoms with E-state index in [-0.39, 0.29) is 23.5 Å². The van der Waals surface area contributed by atoms with Crippen molar-refractivity contribution in [3.05, 3.63) is 28.0 Å². The third-order valence-corrected chi connectivity index (χ3v) is 6.09. The molecule has 0 saturated carbocycles. The zero-order valence-electron chi connectivity index (χ0n) is 11.4. The van der Waals surface area contributed by atoms with Crippen molar-refractivity contribution in [1.29, 1.82) is 0 Å². The summed E-state index contributed by atoms with van der Waals surface area (Å²) in [4.78, 5) is 25.3. The Hall–Kier alpha value is -1.67. The van der Waals surface area contributed by atoms with Crippen LogP contribution < -0.4 is 0 Å². The molecule has 0 radical (unpaired) electrons. The third kappa shape index (κ3) is 3.92. The number of carboxylic acid groups (broad SMARTS) is 1. The summed E-state index contributed by atoms with van der Waals surface area (Å²) in [5.41, 5.74) is 0. The number of carbonyl (C=O) groups excluding carboxylic acids is 1. The summed E-state index contributed by atoms with van der Waals surface area (Å²) in [6.45, 7) is 0. The van der Waals surface area contributed by atoms with Gasteiger partial charge in [-0.15, -0.1) is 11.3 Å². The standard InChI is InChI=1S/C13H15NO5S2/c1-14(9-6-7-21(18,19)8-9)13(17)11-4-2-10(20-11)3-5-12(15)16/h2-5,9H,6-8H2,1H3,(H,15,16). The lowest BCUT2D eigenvalue weighted by atomic mass is 10.2. The van der Waals surface area contributed by atoms with Gasteiger partial charge in [0.1, 0.15) is 0 Å². The molecule has 8 heteroatoms. The van der Waals surface area contributed by atoms with Gasteiger partial charge in [-0.2, -0.15) is 0 Å². The number of sulfone groups is 1. The maximum Gasteiger partial charge on any atom is 0.328 e. The first-order valence-electron chi connectivity index (χ1n) is 6.27. The van der Waals surface area contributed by atoms with Gasteiger partial charge < -0.3 is 10.0 Å². The Bertz CT molecular complexity index is 689. The van der Waals surface area contributed by atoms with E-state index >= 15 is 0 Å². The predicted molar refractivity (Wildman–Crippen MR) is 80.1 cm³/mol. The molecule has 0 aromatic carbocycles. The fourth-order valence-electron chi connectivity index (χ4n) is 2.13. The third-order valence-electron chi connectivity index (χ3n) is 3.30. The Balaban J connectivity index is 2.08. The molecule has 0 aliphatic carbocycles. The molecule has 1 amide bonds.